The van der Waals surface area contributed by atoms with Crippen LogP contribution in [-0.2, 0) is 9.53 Å². The van der Waals surface area contributed by atoms with Crippen molar-refractivity contribution in [2.45, 2.75) is 46.8 Å². The van der Waals surface area contributed by atoms with E-state index in [-0.39, 0.29) is 18.1 Å². The van der Waals surface area contributed by atoms with Gasteiger partial charge in [0.25, 0.3) is 5.95 Å². The average Bonchev–Trinajstić information content (AvgIpc) is 2.85. The quantitative estimate of drug-likeness (QED) is 0.894. The van der Waals surface area contributed by atoms with Crippen LogP contribution in [0.3, 0.4) is 0 Å². The van der Waals surface area contributed by atoms with Crippen LogP contribution in [-0.4, -0.2) is 62.4 Å². The Labute approximate surface area is 153 Å². The van der Waals surface area contributed by atoms with Gasteiger partial charge in [-0.25, -0.2) is 9.97 Å². The van der Waals surface area contributed by atoms with Crippen LogP contribution in [0.2, 0.25) is 0 Å². The molecule has 1 aliphatic heterocycles. The van der Waals surface area contributed by atoms with Crippen molar-refractivity contribution < 1.29 is 9.53 Å². The normalized spacial score (nSPS) is 21.0. The summed E-state index contributed by atoms with van der Waals surface area (Å²) in [7, 11) is 0. The van der Waals surface area contributed by atoms with Crippen LogP contribution in [0.15, 0.2) is 12.1 Å². The standard InChI is InChI=1S/C18H26N6O2/c1-11-6-12(2)20-18(19-11)24-16(7-13(3)22-24)21-17(25)10-23-8-14(4)26-15(5)9-23/h6-7,14-15H,8-10H2,1-5H3,(H,21,25). The molecular formula is C18H26N6O2. The summed E-state index contributed by atoms with van der Waals surface area (Å²) in [5.74, 6) is 0.947. The fourth-order valence-electron chi connectivity index (χ4n) is 3.34. The van der Waals surface area contributed by atoms with Crippen LogP contribution in [0, 0.1) is 20.8 Å². The number of nitrogens with one attached hydrogen (secondary N) is 1. The number of aryl methyl sites for hydroxylation is 3. The van der Waals surface area contributed by atoms with E-state index in [2.05, 4.69) is 25.3 Å². The maximum absolute atomic E-state index is 12.5. The molecular weight excluding hydrogens is 332 g/mol. The number of carbonyl (C=O) groups excluding carboxylic acids is 1. The predicted molar refractivity (Wildman–Crippen MR) is 98.4 cm³/mol. The summed E-state index contributed by atoms with van der Waals surface area (Å²) in [5, 5.41) is 7.38. The number of amides is 1. The molecule has 1 aliphatic rings. The summed E-state index contributed by atoms with van der Waals surface area (Å²) < 4.78 is 7.30. The van der Waals surface area contributed by atoms with Crippen LogP contribution in [0.4, 0.5) is 5.82 Å². The Morgan fingerprint density at radius 2 is 1.73 bits per heavy atom. The third-order valence-corrected chi connectivity index (χ3v) is 4.12. The van der Waals surface area contributed by atoms with Gasteiger partial charge in [-0.1, -0.05) is 0 Å². The van der Waals surface area contributed by atoms with E-state index in [1.54, 1.807) is 4.68 Å². The van der Waals surface area contributed by atoms with E-state index < -0.39 is 0 Å². The number of aromatic nitrogens is 4. The lowest BCUT2D eigenvalue weighted by atomic mass is 10.2. The maximum atomic E-state index is 12.5. The molecule has 1 N–H and O–H groups in total. The van der Waals surface area contributed by atoms with Gasteiger partial charge in [0.2, 0.25) is 5.91 Å². The highest BCUT2D eigenvalue weighted by atomic mass is 16.5. The van der Waals surface area contributed by atoms with Gasteiger partial charge in [0.05, 0.1) is 24.4 Å². The van der Waals surface area contributed by atoms with Gasteiger partial charge in [-0.3, -0.25) is 9.69 Å². The van der Waals surface area contributed by atoms with E-state index in [0.717, 1.165) is 30.2 Å². The third-order valence-electron chi connectivity index (χ3n) is 4.12. The predicted octanol–water partition coefficient (Wildman–Crippen LogP) is 1.64. The summed E-state index contributed by atoms with van der Waals surface area (Å²) in [4.78, 5) is 23.5. The highest BCUT2D eigenvalue weighted by Gasteiger charge is 2.24. The molecule has 1 amide bonds. The first kappa shape index (κ1) is 18.5. The van der Waals surface area contributed by atoms with E-state index in [9.17, 15) is 4.79 Å². The zero-order chi connectivity index (χ0) is 18.8. The molecule has 2 aromatic heterocycles. The molecule has 2 aromatic rings. The molecule has 1 saturated heterocycles. The van der Waals surface area contributed by atoms with Crippen LogP contribution in [0.25, 0.3) is 5.95 Å². The molecule has 0 aliphatic carbocycles. The Morgan fingerprint density at radius 1 is 1.12 bits per heavy atom. The highest BCUT2D eigenvalue weighted by molar-refractivity contribution is 5.91. The van der Waals surface area contributed by atoms with Gasteiger partial charge in [-0.2, -0.15) is 9.78 Å². The second-order valence-corrected chi connectivity index (χ2v) is 7.03. The number of morpholine rings is 1. The highest BCUT2D eigenvalue weighted by Crippen LogP contribution is 2.16. The zero-order valence-electron chi connectivity index (χ0n) is 16.0. The van der Waals surface area contributed by atoms with Gasteiger partial charge in [0, 0.05) is 30.5 Å². The van der Waals surface area contributed by atoms with E-state index in [4.69, 9.17) is 4.74 Å². The van der Waals surface area contributed by atoms with Crippen LogP contribution in [0.1, 0.15) is 30.9 Å². The lowest BCUT2D eigenvalue weighted by Crippen LogP contribution is -2.48. The SMILES string of the molecule is Cc1cc(C)nc(-n2nc(C)cc2NC(=O)CN2CC(C)OC(C)C2)n1. The molecule has 3 heterocycles. The zero-order valence-corrected chi connectivity index (χ0v) is 16.0. The number of carbonyl (C=O) groups is 1. The minimum atomic E-state index is -0.0863. The van der Waals surface area contributed by atoms with Crippen LogP contribution >= 0.6 is 0 Å². The topological polar surface area (TPSA) is 85.2 Å². The number of hydrogen-bond acceptors (Lipinski definition) is 6. The smallest absolute Gasteiger partial charge is 0.252 e. The minimum absolute atomic E-state index is 0.0863. The van der Waals surface area contributed by atoms with Gasteiger partial charge >= 0.3 is 0 Å². The van der Waals surface area contributed by atoms with Gasteiger partial charge in [-0.05, 0) is 40.7 Å². The van der Waals surface area contributed by atoms with Crippen molar-refractivity contribution in [3.63, 3.8) is 0 Å². The Morgan fingerprint density at radius 3 is 2.35 bits per heavy atom. The average molecular weight is 358 g/mol. The van der Waals surface area contributed by atoms with E-state index in [1.165, 1.54) is 0 Å². The lowest BCUT2D eigenvalue weighted by Gasteiger charge is -2.34. The number of hydrogen-bond donors (Lipinski definition) is 1. The minimum Gasteiger partial charge on any atom is -0.373 e. The van der Waals surface area contributed by atoms with E-state index >= 15 is 0 Å². The molecule has 1 fully saturated rings. The van der Waals surface area contributed by atoms with Gasteiger partial charge < -0.3 is 10.1 Å². The molecule has 26 heavy (non-hydrogen) atoms. The second-order valence-electron chi connectivity index (χ2n) is 7.03. The van der Waals surface area contributed by atoms with E-state index in [0.29, 0.717) is 18.3 Å². The van der Waals surface area contributed by atoms with Crippen LogP contribution < -0.4 is 5.32 Å². The van der Waals surface area contributed by atoms with E-state index in [1.807, 2.05) is 46.8 Å². The van der Waals surface area contributed by atoms with Gasteiger partial charge in [0.15, 0.2) is 0 Å². The third kappa shape index (κ3) is 4.44. The molecule has 140 valence electrons. The first-order chi connectivity index (χ1) is 12.3. The summed E-state index contributed by atoms with van der Waals surface area (Å²) >= 11 is 0. The van der Waals surface area contributed by atoms with Crippen molar-refractivity contribution in [2.24, 2.45) is 0 Å². The lowest BCUT2D eigenvalue weighted by molar-refractivity contribution is -0.121. The van der Waals surface area contributed by atoms with Gasteiger partial charge in [-0.15, -0.1) is 0 Å². The van der Waals surface area contributed by atoms with Gasteiger partial charge in [0.1, 0.15) is 5.82 Å². The molecule has 8 nitrogen and oxygen atoms in total. The summed E-state index contributed by atoms with van der Waals surface area (Å²) in [6, 6.07) is 3.72. The van der Waals surface area contributed by atoms with Crippen molar-refractivity contribution in [2.75, 3.05) is 25.0 Å². The molecule has 8 heteroatoms. The fraction of sp³-hybridized carbons (Fsp3) is 0.556. The summed E-state index contributed by atoms with van der Waals surface area (Å²) in [6.07, 6.45) is 0.256. The largest absolute Gasteiger partial charge is 0.373 e. The number of anilines is 1. The van der Waals surface area contributed by atoms with Crippen molar-refractivity contribution in [3.8, 4) is 5.95 Å². The number of rotatable bonds is 4. The second kappa shape index (κ2) is 7.51. The van der Waals surface area contributed by atoms with Crippen LogP contribution in [0.5, 0.6) is 0 Å². The first-order valence-electron chi connectivity index (χ1n) is 8.87. The Balaban J connectivity index is 1.75. The molecule has 0 saturated carbocycles. The monoisotopic (exact) mass is 358 g/mol. The fourth-order valence-corrected chi connectivity index (χ4v) is 3.34. The molecule has 0 aromatic carbocycles. The molecule has 2 unspecified atom stereocenters. The maximum Gasteiger partial charge on any atom is 0.252 e. The molecule has 0 spiro atoms. The Bertz CT molecular complexity index is 773. The molecule has 0 radical (unpaired) electrons. The molecule has 3 rings (SSSR count). The summed E-state index contributed by atoms with van der Waals surface area (Å²) in [6.45, 7) is 11.6. The van der Waals surface area contributed by atoms with Crippen molar-refractivity contribution in [3.05, 3.63) is 29.2 Å². The molecule has 2 atom stereocenters. The number of ether oxygens (including phenoxy) is 1. The van der Waals surface area contributed by atoms with Crippen molar-refractivity contribution in [1.82, 2.24) is 24.6 Å². The number of nitrogens with zero attached hydrogens (tertiary/aromatic N) is 5. The first-order valence-corrected chi connectivity index (χ1v) is 8.87. The Hall–Kier alpha value is -2.32. The van der Waals surface area contributed by atoms with Crippen molar-refractivity contribution >= 4 is 11.7 Å². The summed E-state index contributed by atoms with van der Waals surface area (Å²) in [5.41, 5.74) is 2.50. The van der Waals surface area contributed by atoms with Crippen molar-refractivity contribution in [1.29, 1.82) is 0 Å². The molecule has 0 bridgehead atoms. The Kier molecular flexibility index (Phi) is 5.33.